The predicted molar refractivity (Wildman–Crippen MR) is 126 cm³/mol. The second-order valence-corrected chi connectivity index (χ2v) is 7.64. The molecule has 0 atom stereocenters. The summed E-state index contributed by atoms with van der Waals surface area (Å²) >= 11 is 0. The number of anilines is 2. The second kappa shape index (κ2) is 10.5. The van der Waals surface area contributed by atoms with Crippen molar-refractivity contribution in [3.05, 3.63) is 87.6 Å². The molecule has 4 aromatic rings. The average molecular weight is 516 g/mol. The van der Waals surface area contributed by atoms with Gasteiger partial charge in [-0.2, -0.15) is 4.68 Å². The van der Waals surface area contributed by atoms with Crippen molar-refractivity contribution in [3.8, 4) is 11.4 Å². The molecule has 37 heavy (non-hydrogen) atoms. The Morgan fingerprint density at radius 3 is 2.35 bits per heavy atom. The van der Waals surface area contributed by atoms with E-state index in [9.17, 15) is 27.6 Å². The van der Waals surface area contributed by atoms with Gasteiger partial charge >= 0.3 is 12.3 Å². The van der Waals surface area contributed by atoms with Crippen LogP contribution in [0.1, 0.15) is 0 Å². The first-order valence-corrected chi connectivity index (χ1v) is 10.8. The molecule has 0 unspecified atom stereocenters. The zero-order valence-electron chi connectivity index (χ0n) is 18.9. The van der Waals surface area contributed by atoms with Crippen LogP contribution in [0.2, 0.25) is 0 Å². The third-order valence-corrected chi connectivity index (χ3v) is 5.10. The monoisotopic (exact) mass is 516 g/mol. The van der Waals surface area contributed by atoms with E-state index < -0.39 is 35.8 Å². The second-order valence-electron chi connectivity index (χ2n) is 7.64. The zero-order valence-corrected chi connectivity index (χ0v) is 18.9. The average Bonchev–Trinajstić information content (AvgIpc) is 2.85. The van der Waals surface area contributed by atoms with E-state index in [1.807, 2.05) is 0 Å². The number of fused-ring (bicyclic) bond motifs is 1. The Balaban J connectivity index is 1.69. The van der Waals surface area contributed by atoms with Crippen molar-refractivity contribution in [1.82, 2.24) is 14.3 Å². The van der Waals surface area contributed by atoms with Gasteiger partial charge in [0.1, 0.15) is 18.0 Å². The highest BCUT2D eigenvalue weighted by atomic mass is 19.4. The standard InChI is InChI=1S/C24H19F3N4O6/c25-24(26,27)37-16-9-7-15(8-10-16)31-22(34)18-5-2-1-4-17(18)21(29-31)28-19-6-3-11-30(23(19)35)12-13-36-14-20(32)33/h1-11H,12-14H2,(H,28,29)(H,32,33). The van der Waals surface area contributed by atoms with Crippen LogP contribution >= 0.6 is 0 Å². The molecule has 0 aliphatic rings. The number of benzene rings is 2. The summed E-state index contributed by atoms with van der Waals surface area (Å²) in [5.74, 6) is -1.43. The van der Waals surface area contributed by atoms with Crippen LogP contribution in [-0.4, -0.2) is 45.0 Å². The number of nitrogens with zero attached hydrogens (tertiary/aromatic N) is 3. The van der Waals surface area contributed by atoms with Crippen molar-refractivity contribution in [2.45, 2.75) is 12.9 Å². The summed E-state index contributed by atoms with van der Waals surface area (Å²) < 4.78 is 48.6. The summed E-state index contributed by atoms with van der Waals surface area (Å²) in [6.07, 6.45) is -3.35. The number of rotatable bonds is 9. The van der Waals surface area contributed by atoms with Crippen molar-refractivity contribution in [3.63, 3.8) is 0 Å². The fourth-order valence-corrected chi connectivity index (χ4v) is 3.50. The highest BCUT2D eigenvalue weighted by Gasteiger charge is 2.31. The van der Waals surface area contributed by atoms with Crippen LogP contribution < -0.4 is 21.2 Å². The van der Waals surface area contributed by atoms with E-state index in [0.29, 0.717) is 5.39 Å². The van der Waals surface area contributed by atoms with Crippen molar-refractivity contribution in [1.29, 1.82) is 0 Å². The molecule has 0 spiro atoms. The van der Waals surface area contributed by atoms with Crippen LogP contribution in [0.4, 0.5) is 24.7 Å². The number of nitrogens with one attached hydrogen (secondary N) is 1. The summed E-state index contributed by atoms with van der Waals surface area (Å²) in [5.41, 5.74) is -0.669. The molecule has 0 saturated carbocycles. The highest BCUT2D eigenvalue weighted by molar-refractivity contribution is 5.92. The van der Waals surface area contributed by atoms with E-state index in [1.165, 1.54) is 29.0 Å². The normalized spacial score (nSPS) is 11.4. The lowest BCUT2D eigenvalue weighted by Gasteiger charge is -2.14. The number of alkyl halides is 3. The Morgan fingerprint density at radius 2 is 1.68 bits per heavy atom. The minimum Gasteiger partial charge on any atom is -0.480 e. The van der Waals surface area contributed by atoms with Gasteiger partial charge in [0.25, 0.3) is 11.1 Å². The van der Waals surface area contributed by atoms with Gasteiger partial charge < -0.3 is 24.5 Å². The van der Waals surface area contributed by atoms with E-state index in [2.05, 4.69) is 15.2 Å². The first-order chi connectivity index (χ1) is 17.6. The SMILES string of the molecule is O=C(O)COCCn1cccc(Nc2nn(-c3ccc(OC(F)(F)F)cc3)c(=O)c3ccccc23)c1=O. The predicted octanol–water partition coefficient (Wildman–Crippen LogP) is 3.29. The van der Waals surface area contributed by atoms with Crippen molar-refractivity contribution in [2.24, 2.45) is 0 Å². The molecule has 2 heterocycles. The Kier molecular flexibility index (Phi) is 7.25. The maximum absolute atomic E-state index is 13.1. The van der Waals surface area contributed by atoms with E-state index in [0.717, 1.165) is 16.8 Å². The number of carbonyl (C=O) groups is 1. The molecule has 2 aromatic carbocycles. The Labute approximate surface area is 206 Å². The number of halogens is 3. The number of carboxylic acids is 1. The topological polar surface area (TPSA) is 125 Å². The first kappa shape index (κ1) is 25.4. The number of aliphatic carboxylic acids is 1. The lowest BCUT2D eigenvalue weighted by atomic mass is 10.2. The highest BCUT2D eigenvalue weighted by Crippen LogP contribution is 2.25. The number of pyridine rings is 1. The minimum absolute atomic E-state index is 0.00420. The van der Waals surface area contributed by atoms with Crippen LogP contribution in [0.15, 0.2) is 76.4 Å². The van der Waals surface area contributed by atoms with E-state index in [4.69, 9.17) is 9.84 Å². The van der Waals surface area contributed by atoms with E-state index in [1.54, 1.807) is 30.3 Å². The number of ether oxygens (including phenoxy) is 2. The lowest BCUT2D eigenvalue weighted by Crippen LogP contribution is -2.26. The molecule has 2 N–H and O–H groups in total. The van der Waals surface area contributed by atoms with Crippen LogP contribution in [0.3, 0.4) is 0 Å². The minimum atomic E-state index is -4.86. The Hall–Kier alpha value is -4.65. The van der Waals surface area contributed by atoms with E-state index in [-0.39, 0.29) is 35.7 Å². The molecular formula is C24H19F3N4O6. The molecule has 4 rings (SSSR count). The molecule has 0 radical (unpaired) electrons. The van der Waals surface area contributed by atoms with Gasteiger partial charge in [0, 0.05) is 18.1 Å². The number of aromatic nitrogens is 3. The Bertz CT molecular complexity index is 1550. The van der Waals surface area contributed by atoms with Gasteiger partial charge in [-0.15, -0.1) is 18.3 Å². The molecule has 10 nitrogen and oxygen atoms in total. The number of hydrogen-bond acceptors (Lipinski definition) is 7. The first-order valence-electron chi connectivity index (χ1n) is 10.8. The molecule has 192 valence electrons. The summed E-state index contributed by atoms with van der Waals surface area (Å²) in [6.45, 7) is -0.398. The zero-order chi connectivity index (χ0) is 26.6. The van der Waals surface area contributed by atoms with Crippen LogP contribution in [0.25, 0.3) is 16.5 Å². The molecular weight excluding hydrogens is 497 g/mol. The van der Waals surface area contributed by atoms with Gasteiger partial charge in [0.05, 0.1) is 17.7 Å². The van der Waals surface area contributed by atoms with Gasteiger partial charge in [0.15, 0.2) is 5.82 Å². The van der Waals surface area contributed by atoms with Gasteiger partial charge in [0.2, 0.25) is 0 Å². The number of carboxylic acid groups (broad SMARTS) is 1. The number of hydrogen-bond donors (Lipinski definition) is 2. The summed E-state index contributed by atoms with van der Waals surface area (Å²) in [6, 6.07) is 14.2. The molecule has 0 aliphatic heterocycles. The molecule has 0 aliphatic carbocycles. The maximum atomic E-state index is 13.1. The van der Waals surface area contributed by atoms with Gasteiger partial charge in [-0.1, -0.05) is 18.2 Å². The quantitative estimate of drug-likeness (QED) is 0.325. The largest absolute Gasteiger partial charge is 0.573 e. The fraction of sp³-hybridized carbons (Fsp3) is 0.167. The smallest absolute Gasteiger partial charge is 0.480 e. The molecule has 0 fully saturated rings. The van der Waals surface area contributed by atoms with E-state index >= 15 is 0 Å². The summed E-state index contributed by atoms with van der Waals surface area (Å²) in [5, 5.41) is 16.6. The van der Waals surface area contributed by atoms with Crippen molar-refractivity contribution < 1.29 is 32.5 Å². The van der Waals surface area contributed by atoms with Gasteiger partial charge in [-0.3, -0.25) is 9.59 Å². The third kappa shape index (κ3) is 6.13. The molecule has 0 amide bonds. The molecule has 2 aromatic heterocycles. The third-order valence-electron chi connectivity index (χ3n) is 5.10. The molecule has 13 heteroatoms. The Morgan fingerprint density at radius 1 is 0.973 bits per heavy atom. The van der Waals surface area contributed by atoms with Crippen molar-refractivity contribution >= 4 is 28.2 Å². The van der Waals surface area contributed by atoms with Crippen LogP contribution in [-0.2, 0) is 16.1 Å². The summed E-state index contributed by atoms with van der Waals surface area (Å²) in [4.78, 5) is 36.6. The van der Waals surface area contributed by atoms with Crippen LogP contribution in [0.5, 0.6) is 5.75 Å². The van der Waals surface area contributed by atoms with Gasteiger partial charge in [-0.25, -0.2) is 4.79 Å². The lowest BCUT2D eigenvalue weighted by molar-refractivity contribution is -0.274. The molecule has 0 saturated heterocycles. The maximum Gasteiger partial charge on any atom is 0.573 e. The van der Waals surface area contributed by atoms with Gasteiger partial charge in [-0.05, 0) is 42.5 Å². The summed E-state index contributed by atoms with van der Waals surface area (Å²) in [7, 11) is 0. The fourth-order valence-electron chi connectivity index (χ4n) is 3.50. The van der Waals surface area contributed by atoms with Crippen LogP contribution in [0, 0.1) is 0 Å². The molecule has 0 bridgehead atoms. The van der Waals surface area contributed by atoms with Crippen molar-refractivity contribution in [2.75, 3.05) is 18.5 Å².